The minimum Gasteiger partial charge on any atom is -0.330 e. The molecule has 1 saturated heterocycles. The lowest BCUT2D eigenvalue weighted by Crippen LogP contribution is -2.19. The van der Waals surface area contributed by atoms with Gasteiger partial charge in [-0.3, -0.25) is 4.84 Å². The maximum Gasteiger partial charge on any atom is 0.0698 e. The van der Waals surface area contributed by atoms with Crippen LogP contribution in [0.4, 0.5) is 0 Å². The number of hydrogen-bond acceptors (Lipinski definition) is 3. The van der Waals surface area contributed by atoms with Crippen LogP contribution in [0.3, 0.4) is 0 Å². The van der Waals surface area contributed by atoms with E-state index in [2.05, 4.69) is 0 Å². The fraction of sp³-hybridized carbons (Fsp3) is 1.00. The SMILES string of the molecule is NCCCCN1CCCO1. The van der Waals surface area contributed by atoms with E-state index in [4.69, 9.17) is 10.6 Å². The number of unbranched alkanes of at least 4 members (excludes halogenated alkanes) is 1. The van der Waals surface area contributed by atoms with Crippen LogP contribution in [0, 0.1) is 0 Å². The average molecular weight is 144 g/mol. The fourth-order valence-electron chi connectivity index (χ4n) is 1.11. The number of hydrogen-bond donors (Lipinski definition) is 1. The maximum atomic E-state index is 5.35. The molecule has 0 radical (unpaired) electrons. The van der Waals surface area contributed by atoms with Crippen LogP contribution in [0.1, 0.15) is 19.3 Å². The topological polar surface area (TPSA) is 38.5 Å². The summed E-state index contributed by atoms with van der Waals surface area (Å²) in [4.78, 5) is 5.29. The molecule has 3 nitrogen and oxygen atoms in total. The molecule has 1 fully saturated rings. The third-order valence-electron chi connectivity index (χ3n) is 1.69. The van der Waals surface area contributed by atoms with Crippen LogP contribution in [-0.4, -0.2) is 31.3 Å². The summed E-state index contributed by atoms with van der Waals surface area (Å²) in [5.74, 6) is 0. The van der Waals surface area contributed by atoms with Crippen molar-refractivity contribution in [2.24, 2.45) is 5.73 Å². The lowest BCUT2D eigenvalue weighted by molar-refractivity contribution is -0.110. The minimum absolute atomic E-state index is 0.799. The van der Waals surface area contributed by atoms with Gasteiger partial charge in [0.05, 0.1) is 6.61 Å². The third-order valence-corrected chi connectivity index (χ3v) is 1.69. The Hall–Kier alpha value is -0.120. The third kappa shape index (κ3) is 2.64. The highest BCUT2D eigenvalue weighted by Crippen LogP contribution is 2.04. The molecule has 0 spiro atoms. The van der Waals surface area contributed by atoms with Crippen molar-refractivity contribution in [3.05, 3.63) is 0 Å². The van der Waals surface area contributed by atoms with E-state index in [1.54, 1.807) is 0 Å². The Morgan fingerprint density at radius 2 is 2.30 bits per heavy atom. The lowest BCUT2D eigenvalue weighted by Gasteiger charge is -2.11. The molecule has 2 N–H and O–H groups in total. The highest BCUT2D eigenvalue weighted by molar-refractivity contribution is 4.53. The Labute approximate surface area is 62.1 Å². The normalized spacial score (nSPS) is 20.1. The van der Waals surface area contributed by atoms with Crippen molar-refractivity contribution in [2.75, 3.05) is 26.2 Å². The second-order valence-electron chi connectivity index (χ2n) is 2.61. The summed E-state index contributed by atoms with van der Waals surface area (Å²) in [5, 5.41) is 2.04. The smallest absolute Gasteiger partial charge is 0.0698 e. The molecule has 1 heterocycles. The van der Waals surface area contributed by atoms with Gasteiger partial charge in [0, 0.05) is 13.1 Å². The lowest BCUT2D eigenvalue weighted by atomic mass is 10.3. The molecule has 0 amide bonds. The zero-order valence-corrected chi connectivity index (χ0v) is 6.38. The van der Waals surface area contributed by atoms with E-state index >= 15 is 0 Å². The van der Waals surface area contributed by atoms with Gasteiger partial charge < -0.3 is 5.73 Å². The van der Waals surface area contributed by atoms with Crippen LogP contribution in [0.2, 0.25) is 0 Å². The summed E-state index contributed by atoms with van der Waals surface area (Å²) in [6.45, 7) is 3.86. The van der Waals surface area contributed by atoms with Crippen molar-refractivity contribution in [2.45, 2.75) is 19.3 Å². The standard InChI is InChI=1S/C7H16N2O/c8-4-1-2-5-9-6-3-7-10-9/h1-8H2. The molecule has 0 aromatic rings. The van der Waals surface area contributed by atoms with Gasteiger partial charge in [-0.05, 0) is 25.8 Å². The molecule has 0 aromatic heterocycles. The van der Waals surface area contributed by atoms with Gasteiger partial charge in [-0.25, -0.2) is 0 Å². The molecule has 60 valence electrons. The van der Waals surface area contributed by atoms with Gasteiger partial charge in [0.15, 0.2) is 0 Å². The Kier molecular flexibility index (Phi) is 3.72. The summed E-state index contributed by atoms with van der Waals surface area (Å²) in [6.07, 6.45) is 3.46. The molecule has 0 atom stereocenters. The van der Waals surface area contributed by atoms with Gasteiger partial charge in [-0.1, -0.05) is 0 Å². The predicted molar refractivity (Wildman–Crippen MR) is 40.4 cm³/mol. The molecule has 10 heavy (non-hydrogen) atoms. The first-order valence-corrected chi connectivity index (χ1v) is 4.01. The van der Waals surface area contributed by atoms with Gasteiger partial charge >= 0.3 is 0 Å². The Balaban J connectivity index is 1.91. The van der Waals surface area contributed by atoms with Crippen molar-refractivity contribution in [1.29, 1.82) is 0 Å². The summed E-state index contributed by atoms with van der Waals surface area (Å²) < 4.78 is 0. The van der Waals surface area contributed by atoms with Crippen LogP contribution >= 0.6 is 0 Å². The van der Waals surface area contributed by atoms with Crippen LogP contribution in [0.25, 0.3) is 0 Å². The highest BCUT2D eigenvalue weighted by atomic mass is 16.7. The first-order valence-electron chi connectivity index (χ1n) is 4.01. The van der Waals surface area contributed by atoms with E-state index in [9.17, 15) is 0 Å². The molecule has 1 aliphatic heterocycles. The van der Waals surface area contributed by atoms with Gasteiger partial charge in [0.1, 0.15) is 0 Å². The predicted octanol–water partition coefficient (Wildman–Crippen LogP) is 0.363. The zero-order valence-electron chi connectivity index (χ0n) is 6.38. The fourth-order valence-corrected chi connectivity index (χ4v) is 1.11. The monoisotopic (exact) mass is 144 g/mol. The largest absolute Gasteiger partial charge is 0.330 e. The van der Waals surface area contributed by atoms with Crippen LogP contribution in [-0.2, 0) is 4.84 Å². The van der Waals surface area contributed by atoms with Gasteiger partial charge in [0.2, 0.25) is 0 Å². The molecule has 0 aromatic carbocycles. The van der Waals surface area contributed by atoms with Gasteiger partial charge in [-0.2, -0.15) is 5.06 Å². The summed E-state index contributed by atoms with van der Waals surface area (Å²) in [6, 6.07) is 0. The van der Waals surface area contributed by atoms with E-state index in [1.807, 2.05) is 5.06 Å². The van der Waals surface area contributed by atoms with Crippen molar-refractivity contribution in [3.8, 4) is 0 Å². The summed E-state index contributed by atoms with van der Waals surface area (Å²) in [5.41, 5.74) is 5.35. The van der Waals surface area contributed by atoms with E-state index in [1.165, 1.54) is 6.42 Å². The van der Waals surface area contributed by atoms with Crippen molar-refractivity contribution >= 4 is 0 Å². The Morgan fingerprint density at radius 1 is 1.40 bits per heavy atom. The molecular weight excluding hydrogens is 128 g/mol. The molecule has 1 aliphatic rings. The van der Waals surface area contributed by atoms with Crippen molar-refractivity contribution in [1.82, 2.24) is 5.06 Å². The summed E-state index contributed by atoms with van der Waals surface area (Å²) >= 11 is 0. The second kappa shape index (κ2) is 4.66. The first kappa shape index (κ1) is 7.98. The van der Waals surface area contributed by atoms with Gasteiger partial charge in [0.25, 0.3) is 0 Å². The van der Waals surface area contributed by atoms with Crippen LogP contribution in [0.15, 0.2) is 0 Å². The quantitative estimate of drug-likeness (QED) is 0.579. The maximum absolute atomic E-state index is 5.35. The average Bonchev–Trinajstić information content (AvgIpc) is 2.41. The van der Waals surface area contributed by atoms with Crippen LogP contribution < -0.4 is 5.73 Å². The summed E-state index contributed by atoms with van der Waals surface area (Å²) in [7, 11) is 0. The molecule has 3 heteroatoms. The molecular formula is C7H16N2O. The molecule has 0 saturated carbocycles. The first-order chi connectivity index (χ1) is 4.93. The Morgan fingerprint density at radius 3 is 2.90 bits per heavy atom. The minimum atomic E-state index is 0.799. The molecule has 1 rings (SSSR count). The number of nitrogens with two attached hydrogens (primary N) is 1. The molecule has 0 unspecified atom stereocenters. The zero-order chi connectivity index (χ0) is 7.23. The molecule has 0 aliphatic carbocycles. The van der Waals surface area contributed by atoms with Crippen molar-refractivity contribution < 1.29 is 4.84 Å². The number of rotatable bonds is 4. The Bertz CT molecular complexity index is 81.7. The van der Waals surface area contributed by atoms with Crippen LogP contribution in [0.5, 0.6) is 0 Å². The number of hydroxylamine groups is 2. The highest BCUT2D eigenvalue weighted by Gasteiger charge is 2.10. The molecule has 0 bridgehead atoms. The van der Waals surface area contributed by atoms with Crippen molar-refractivity contribution in [3.63, 3.8) is 0 Å². The van der Waals surface area contributed by atoms with Gasteiger partial charge in [-0.15, -0.1) is 0 Å². The number of nitrogens with zero attached hydrogens (tertiary/aromatic N) is 1. The second-order valence-corrected chi connectivity index (χ2v) is 2.61. The van der Waals surface area contributed by atoms with E-state index < -0.39 is 0 Å². The van der Waals surface area contributed by atoms with E-state index in [-0.39, 0.29) is 0 Å². The van der Waals surface area contributed by atoms with E-state index in [0.717, 1.165) is 39.1 Å². The van der Waals surface area contributed by atoms with E-state index in [0.29, 0.717) is 0 Å².